The van der Waals surface area contributed by atoms with Crippen molar-refractivity contribution in [2.24, 2.45) is 4.99 Å². The first-order valence-corrected chi connectivity index (χ1v) is 9.52. The van der Waals surface area contributed by atoms with Crippen LogP contribution in [0.2, 0.25) is 0 Å². The van der Waals surface area contributed by atoms with Crippen LogP contribution >= 0.6 is 15.9 Å². The molecule has 0 spiro atoms. The lowest BCUT2D eigenvalue weighted by Gasteiger charge is -2.09. The van der Waals surface area contributed by atoms with Crippen LogP contribution in [0.25, 0.3) is 6.08 Å². The number of carbonyl (C=O) groups is 1. The topological polar surface area (TPSA) is 47.9 Å². The van der Waals surface area contributed by atoms with Crippen molar-refractivity contribution in [1.82, 2.24) is 0 Å². The van der Waals surface area contributed by atoms with E-state index in [1.807, 2.05) is 78.9 Å². The number of esters is 1. The summed E-state index contributed by atoms with van der Waals surface area (Å²) in [5, 5.41) is 0. The monoisotopic (exact) mass is 433 g/mol. The van der Waals surface area contributed by atoms with Crippen LogP contribution in [-0.2, 0) is 16.1 Å². The van der Waals surface area contributed by atoms with E-state index in [1.54, 1.807) is 6.08 Å². The summed E-state index contributed by atoms with van der Waals surface area (Å²) in [4.78, 5) is 16.5. The van der Waals surface area contributed by atoms with E-state index in [9.17, 15) is 4.79 Å². The fourth-order valence-electron chi connectivity index (χ4n) is 2.73. The maximum atomic E-state index is 12.1. The minimum Gasteiger partial charge on any atom is -0.488 e. The van der Waals surface area contributed by atoms with Gasteiger partial charge in [0.25, 0.3) is 0 Å². The Labute approximate surface area is 171 Å². The molecule has 0 bridgehead atoms. The van der Waals surface area contributed by atoms with Gasteiger partial charge in [-0.15, -0.1) is 0 Å². The zero-order chi connectivity index (χ0) is 19.3. The predicted octanol–water partition coefficient (Wildman–Crippen LogP) is 5.37. The van der Waals surface area contributed by atoms with Crippen LogP contribution in [0.15, 0.2) is 94.0 Å². The summed E-state index contributed by atoms with van der Waals surface area (Å²) in [7, 11) is 0. The average Bonchev–Trinajstić information content (AvgIpc) is 3.09. The molecule has 1 aliphatic heterocycles. The molecule has 1 heterocycles. The van der Waals surface area contributed by atoms with Gasteiger partial charge in [-0.2, -0.15) is 0 Å². The summed E-state index contributed by atoms with van der Waals surface area (Å²) < 4.78 is 11.9. The van der Waals surface area contributed by atoms with Gasteiger partial charge >= 0.3 is 5.97 Å². The zero-order valence-electron chi connectivity index (χ0n) is 14.8. The number of carbonyl (C=O) groups excluding carboxylic acids is 1. The first kappa shape index (κ1) is 18.2. The number of ether oxygens (including phenoxy) is 2. The Bertz CT molecular complexity index is 1060. The van der Waals surface area contributed by atoms with Gasteiger partial charge in [0.1, 0.15) is 12.4 Å². The molecule has 0 atom stereocenters. The quantitative estimate of drug-likeness (QED) is 0.401. The van der Waals surface area contributed by atoms with E-state index in [2.05, 4.69) is 20.9 Å². The van der Waals surface area contributed by atoms with Crippen molar-refractivity contribution in [3.63, 3.8) is 0 Å². The van der Waals surface area contributed by atoms with Crippen molar-refractivity contribution in [1.29, 1.82) is 0 Å². The molecule has 138 valence electrons. The Morgan fingerprint density at radius 2 is 1.68 bits per heavy atom. The first-order chi connectivity index (χ1) is 13.7. The molecular weight excluding hydrogens is 418 g/mol. The van der Waals surface area contributed by atoms with E-state index in [-0.39, 0.29) is 5.70 Å². The molecule has 3 aromatic carbocycles. The summed E-state index contributed by atoms with van der Waals surface area (Å²) in [5.74, 6) is 0.589. The van der Waals surface area contributed by atoms with Crippen molar-refractivity contribution < 1.29 is 14.3 Å². The molecule has 0 radical (unpaired) electrons. The molecular formula is C23H16BrNO3. The number of rotatable bonds is 5. The van der Waals surface area contributed by atoms with Gasteiger partial charge in [0.15, 0.2) is 5.70 Å². The van der Waals surface area contributed by atoms with Crippen LogP contribution in [0.1, 0.15) is 16.7 Å². The van der Waals surface area contributed by atoms with E-state index in [0.717, 1.165) is 26.9 Å². The fraction of sp³-hybridized carbons (Fsp3) is 0.0435. The van der Waals surface area contributed by atoms with E-state index in [4.69, 9.17) is 9.47 Å². The summed E-state index contributed by atoms with van der Waals surface area (Å²) in [6, 6.07) is 24.9. The molecule has 4 nitrogen and oxygen atoms in total. The van der Waals surface area contributed by atoms with Gasteiger partial charge in [-0.25, -0.2) is 9.79 Å². The summed E-state index contributed by atoms with van der Waals surface area (Å²) in [6.45, 7) is 0.483. The molecule has 0 fully saturated rings. The number of cyclic esters (lactones) is 1. The second-order valence-corrected chi connectivity index (χ2v) is 7.02. The standard InChI is InChI=1S/C23H16BrNO3/c24-19-13-17(11-12-21(19)27-15-16-7-3-1-4-8-16)14-20-23(26)28-22(25-20)18-9-5-2-6-10-18/h1-14H,15H2/b20-14-. The number of hydrogen-bond donors (Lipinski definition) is 0. The Morgan fingerprint density at radius 3 is 2.39 bits per heavy atom. The molecule has 28 heavy (non-hydrogen) atoms. The molecule has 0 aliphatic carbocycles. The smallest absolute Gasteiger partial charge is 0.363 e. The van der Waals surface area contributed by atoms with Gasteiger partial charge < -0.3 is 9.47 Å². The van der Waals surface area contributed by atoms with Crippen molar-refractivity contribution in [2.75, 3.05) is 0 Å². The highest BCUT2D eigenvalue weighted by Gasteiger charge is 2.24. The van der Waals surface area contributed by atoms with Crippen LogP contribution in [0, 0.1) is 0 Å². The third-order valence-corrected chi connectivity index (χ3v) is 4.76. The number of aliphatic imine (C=N–C) groups is 1. The SMILES string of the molecule is O=C1OC(c2ccccc2)=N/C1=C\c1ccc(OCc2ccccc2)c(Br)c1. The number of halogens is 1. The molecule has 0 aromatic heterocycles. The third-order valence-electron chi connectivity index (χ3n) is 4.14. The molecule has 0 amide bonds. The molecule has 3 aromatic rings. The highest BCUT2D eigenvalue weighted by Crippen LogP contribution is 2.28. The Balaban J connectivity index is 1.51. The number of benzene rings is 3. The Hall–Kier alpha value is -3.18. The van der Waals surface area contributed by atoms with Gasteiger partial charge in [-0.1, -0.05) is 54.6 Å². The van der Waals surface area contributed by atoms with E-state index in [1.165, 1.54) is 0 Å². The lowest BCUT2D eigenvalue weighted by molar-refractivity contribution is -0.129. The van der Waals surface area contributed by atoms with E-state index < -0.39 is 5.97 Å². The normalized spacial score (nSPS) is 14.7. The van der Waals surface area contributed by atoms with Crippen molar-refractivity contribution in [2.45, 2.75) is 6.61 Å². The minimum absolute atomic E-state index is 0.267. The van der Waals surface area contributed by atoms with Gasteiger partial charge in [-0.05, 0) is 57.4 Å². The van der Waals surface area contributed by atoms with Gasteiger partial charge in [0.05, 0.1) is 4.47 Å². The fourth-order valence-corrected chi connectivity index (χ4v) is 3.24. The third kappa shape index (κ3) is 4.21. The van der Waals surface area contributed by atoms with Crippen LogP contribution in [0.4, 0.5) is 0 Å². The van der Waals surface area contributed by atoms with Gasteiger partial charge in [-0.3, -0.25) is 0 Å². The highest BCUT2D eigenvalue weighted by atomic mass is 79.9. The molecule has 1 aliphatic rings. The lowest BCUT2D eigenvalue weighted by Crippen LogP contribution is -2.04. The maximum absolute atomic E-state index is 12.1. The average molecular weight is 434 g/mol. The largest absolute Gasteiger partial charge is 0.488 e. The highest BCUT2D eigenvalue weighted by molar-refractivity contribution is 9.10. The van der Waals surface area contributed by atoms with E-state index >= 15 is 0 Å². The van der Waals surface area contributed by atoms with Gasteiger partial charge in [0.2, 0.25) is 5.90 Å². The summed E-state index contributed by atoms with van der Waals surface area (Å²) in [6.07, 6.45) is 1.70. The minimum atomic E-state index is -0.459. The second-order valence-electron chi connectivity index (χ2n) is 6.17. The lowest BCUT2D eigenvalue weighted by atomic mass is 10.2. The first-order valence-electron chi connectivity index (χ1n) is 8.73. The predicted molar refractivity (Wildman–Crippen MR) is 112 cm³/mol. The number of nitrogens with zero attached hydrogens (tertiary/aromatic N) is 1. The molecule has 0 saturated heterocycles. The van der Waals surface area contributed by atoms with E-state index in [0.29, 0.717) is 12.5 Å². The molecule has 0 unspecified atom stereocenters. The Kier molecular flexibility index (Phi) is 5.35. The second kappa shape index (κ2) is 8.23. The van der Waals surface area contributed by atoms with Gasteiger partial charge in [0, 0.05) is 5.56 Å². The van der Waals surface area contributed by atoms with Crippen LogP contribution < -0.4 is 4.74 Å². The summed E-state index contributed by atoms with van der Waals surface area (Å²) in [5.41, 5.74) is 2.95. The maximum Gasteiger partial charge on any atom is 0.363 e. The zero-order valence-corrected chi connectivity index (χ0v) is 16.4. The van der Waals surface area contributed by atoms with Crippen LogP contribution in [0.3, 0.4) is 0 Å². The van der Waals surface area contributed by atoms with Crippen molar-refractivity contribution >= 4 is 33.9 Å². The van der Waals surface area contributed by atoms with Crippen molar-refractivity contribution in [3.8, 4) is 5.75 Å². The summed E-state index contributed by atoms with van der Waals surface area (Å²) >= 11 is 3.53. The number of hydrogen-bond acceptors (Lipinski definition) is 4. The van der Waals surface area contributed by atoms with Crippen molar-refractivity contribution in [3.05, 3.63) is 106 Å². The van der Waals surface area contributed by atoms with Crippen LogP contribution in [-0.4, -0.2) is 11.9 Å². The van der Waals surface area contributed by atoms with Crippen LogP contribution in [0.5, 0.6) is 5.75 Å². The Morgan fingerprint density at radius 1 is 0.964 bits per heavy atom. The molecule has 4 rings (SSSR count). The molecule has 5 heteroatoms. The molecule has 0 saturated carbocycles. The molecule has 0 N–H and O–H groups in total.